The van der Waals surface area contributed by atoms with Crippen molar-refractivity contribution in [2.75, 3.05) is 32.6 Å². The third kappa shape index (κ3) is 4.39. The zero-order chi connectivity index (χ0) is 22.7. The van der Waals surface area contributed by atoms with E-state index in [0.29, 0.717) is 30.0 Å². The molecule has 0 spiro atoms. The van der Waals surface area contributed by atoms with Crippen molar-refractivity contribution < 1.29 is 22.7 Å². The quantitative estimate of drug-likeness (QED) is 0.613. The monoisotopic (exact) mass is 455 g/mol. The van der Waals surface area contributed by atoms with Gasteiger partial charge < -0.3 is 14.8 Å². The van der Waals surface area contributed by atoms with Crippen molar-refractivity contribution in [3.05, 3.63) is 54.7 Å². The summed E-state index contributed by atoms with van der Waals surface area (Å²) in [6, 6.07) is 13.9. The van der Waals surface area contributed by atoms with Crippen molar-refractivity contribution in [3.63, 3.8) is 0 Å². The van der Waals surface area contributed by atoms with Gasteiger partial charge >= 0.3 is 0 Å². The molecule has 168 valence electrons. The number of nitrogens with one attached hydrogen (secondary N) is 1. The number of anilines is 1. The Kier molecular flexibility index (Phi) is 6.29. The van der Waals surface area contributed by atoms with E-state index in [1.165, 1.54) is 30.7 Å². The van der Waals surface area contributed by atoms with Crippen LogP contribution in [0.3, 0.4) is 0 Å². The lowest BCUT2D eigenvalue weighted by molar-refractivity contribution is -0.120. The van der Waals surface area contributed by atoms with E-state index in [-0.39, 0.29) is 29.8 Å². The van der Waals surface area contributed by atoms with Crippen molar-refractivity contribution >= 4 is 32.5 Å². The zero-order valence-corrected chi connectivity index (χ0v) is 18.8. The van der Waals surface area contributed by atoms with E-state index in [1.807, 2.05) is 30.3 Å². The van der Waals surface area contributed by atoms with Crippen molar-refractivity contribution in [2.45, 2.75) is 17.7 Å². The molecule has 9 heteroatoms. The molecular weight excluding hydrogens is 430 g/mol. The molecule has 0 bridgehead atoms. The van der Waals surface area contributed by atoms with Gasteiger partial charge in [-0.15, -0.1) is 0 Å². The molecule has 1 amide bonds. The number of fused-ring (bicyclic) bond motifs is 1. The summed E-state index contributed by atoms with van der Waals surface area (Å²) in [7, 11) is -0.733. The zero-order valence-electron chi connectivity index (χ0n) is 17.9. The normalized spacial score (nSPS) is 15.4. The largest absolute Gasteiger partial charge is 0.493 e. The molecule has 0 atom stereocenters. The highest BCUT2D eigenvalue weighted by Crippen LogP contribution is 2.32. The summed E-state index contributed by atoms with van der Waals surface area (Å²) in [6.45, 7) is 0.548. The Morgan fingerprint density at radius 1 is 1.03 bits per heavy atom. The molecule has 4 rings (SSSR count). The second-order valence-corrected chi connectivity index (χ2v) is 9.53. The number of sulfonamides is 1. The number of piperidine rings is 1. The molecule has 1 aromatic heterocycles. The Balaban J connectivity index is 1.41. The molecule has 8 nitrogen and oxygen atoms in total. The summed E-state index contributed by atoms with van der Waals surface area (Å²) in [5.41, 5.74) is 1.56. The van der Waals surface area contributed by atoms with Crippen LogP contribution in [0.2, 0.25) is 0 Å². The van der Waals surface area contributed by atoms with Crippen LogP contribution in [0.15, 0.2) is 59.6 Å². The summed E-state index contributed by atoms with van der Waals surface area (Å²) in [5.74, 6) is 0.465. The van der Waals surface area contributed by atoms with Crippen LogP contribution in [-0.4, -0.2) is 50.9 Å². The molecule has 0 aliphatic carbocycles. The first-order chi connectivity index (χ1) is 15.4. The summed E-state index contributed by atoms with van der Waals surface area (Å²) in [4.78, 5) is 17.2. The molecule has 1 fully saturated rings. The minimum absolute atomic E-state index is 0.101. The summed E-state index contributed by atoms with van der Waals surface area (Å²) in [6.07, 6.45) is 2.63. The van der Waals surface area contributed by atoms with Gasteiger partial charge in [-0.3, -0.25) is 9.78 Å². The standard InChI is InChI=1S/C23H25N3O5S/c1-30-21-8-6-19(15-22(21)31-2)32(28,29)26-12-9-16(10-13-26)23(27)25-18-5-7-20-17(14-18)4-3-11-24-20/h3-8,11,14-16H,9-10,12-13H2,1-2H3,(H,25,27). The molecule has 0 radical (unpaired) electrons. The van der Waals surface area contributed by atoms with Gasteiger partial charge in [-0.05, 0) is 49.2 Å². The third-order valence-corrected chi connectivity index (χ3v) is 7.58. The van der Waals surface area contributed by atoms with Crippen LogP contribution in [-0.2, 0) is 14.8 Å². The fraction of sp³-hybridized carbons (Fsp3) is 0.304. The van der Waals surface area contributed by atoms with Crippen molar-refractivity contribution in [1.82, 2.24) is 9.29 Å². The maximum atomic E-state index is 13.1. The number of amides is 1. The number of aromatic nitrogens is 1. The molecule has 2 aromatic carbocycles. The van der Waals surface area contributed by atoms with Crippen molar-refractivity contribution in [2.24, 2.45) is 5.92 Å². The highest BCUT2D eigenvalue weighted by atomic mass is 32.2. The number of rotatable bonds is 6. The van der Waals surface area contributed by atoms with Gasteiger partial charge in [-0.25, -0.2) is 8.42 Å². The topological polar surface area (TPSA) is 97.8 Å². The number of ether oxygens (including phenoxy) is 2. The molecule has 32 heavy (non-hydrogen) atoms. The van der Waals surface area contributed by atoms with E-state index in [1.54, 1.807) is 12.3 Å². The number of benzene rings is 2. The predicted octanol–water partition coefficient (Wildman–Crippen LogP) is 3.29. The fourth-order valence-corrected chi connectivity index (χ4v) is 5.37. The molecule has 0 saturated carbocycles. The van der Waals surface area contributed by atoms with Gasteiger partial charge in [0.2, 0.25) is 15.9 Å². The number of carbonyl (C=O) groups is 1. The lowest BCUT2D eigenvalue weighted by Gasteiger charge is -2.30. The van der Waals surface area contributed by atoms with Gasteiger partial charge in [0, 0.05) is 42.3 Å². The van der Waals surface area contributed by atoms with Gasteiger partial charge in [0.15, 0.2) is 11.5 Å². The number of methoxy groups -OCH3 is 2. The smallest absolute Gasteiger partial charge is 0.243 e. The summed E-state index contributed by atoms with van der Waals surface area (Å²) in [5, 5.41) is 3.90. The highest BCUT2D eigenvalue weighted by molar-refractivity contribution is 7.89. The Morgan fingerprint density at radius 3 is 2.50 bits per heavy atom. The van der Waals surface area contributed by atoms with Crippen LogP contribution in [0.5, 0.6) is 11.5 Å². The van der Waals surface area contributed by atoms with E-state index in [2.05, 4.69) is 10.3 Å². The van der Waals surface area contributed by atoms with Crippen molar-refractivity contribution in [1.29, 1.82) is 0 Å². The lowest BCUT2D eigenvalue weighted by atomic mass is 9.97. The second kappa shape index (κ2) is 9.13. The van der Waals surface area contributed by atoms with Crippen LogP contribution < -0.4 is 14.8 Å². The average molecular weight is 456 g/mol. The van der Waals surface area contributed by atoms with Crippen molar-refractivity contribution in [3.8, 4) is 11.5 Å². The number of hydrogen-bond acceptors (Lipinski definition) is 6. The molecule has 1 N–H and O–H groups in total. The first-order valence-corrected chi connectivity index (χ1v) is 11.7. The fourth-order valence-electron chi connectivity index (χ4n) is 3.88. The Morgan fingerprint density at radius 2 is 1.78 bits per heavy atom. The van der Waals surface area contributed by atoms with E-state index in [4.69, 9.17) is 9.47 Å². The lowest BCUT2D eigenvalue weighted by Crippen LogP contribution is -2.41. The highest BCUT2D eigenvalue weighted by Gasteiger charge is 2.32. The van der Waals surface area contributed by atoms with E-state index in [9.17, 15) is 13.2 Å². The van der Waals surface area contributed by atoms with Gasteiger partial charge in [-0.1, -0.05) is 6.07 Å². The molecule has 3 aromatic rings. The van der Waals surface area contributed by atoms with Gasteiger partial charge in [0.25, 0.3) is 0 Å². The predicted molar refractivity (Wildman–Crippen MR) is 121 cm³/mol. The average Bonchev–Trinajstić information content (AvgIpc) is 2.83. The van der Waals surface area contributed by atoms with E-state index < -0.39 is 10.0 Å². The summed E-state index contributed by atoms with van der Waals surface area (Å²) >= 11 is 0. The molecule has 1 aliphatic heterocycles. The number of carbonyl (C=O) groups excluding carboxylic acids is 1. The first kappa shape index (κ1) is 22.0. The number of hydrogen-bond donors (Lipinski definition) is 1. The molecule has 1 aliphatic rings. The molecule has 1 saturated heterocycles. The van der Waals surface area contributed by atoms with Crippen LogP contribution in [0.25, 0.3) is 10.9 Å². The molecule has 0 unspecified atom stereocenters. The SMILES string of the molecule is COc1ccc(S(=O)(=O)N2CCC(C(=O)Nc3ccc4ncccc4c3)CC2)cc1OC. The first-order valence-electron chi connectivity index (χ1n) is 10.3. The van der Waals surface area contributed by atoms with Crippen LogP contribution in [0.1, 0.15) is 12.8 Å². The molecule has 2 heterocycles. The van der Waals surface area contributed by atoms with Crippen LogP contribution in [0, 0.1) is 5.92 Å². The maximum absolute atomic E-state index is 13.1. The van der Waals surface area contributed by atoms with E-state index in [0.717, 1.165) is 10.9 Å². The minimum atomic E-state index is -3.69. The maximum Gasteiger partial charge on any atom is 0.243 e. The molecular formula is C23H25N3O5S. The van der Waals surface area contributed by atoms with Gasteiger partial charge in [0.1, 0.15) is 0 Å². The Hall–Kier alpha value is -3.17. The van der Waals surface area contributed by atoms with Crippen LogP contribution in [0.4, 0.5) is 5.69 Å². The summed E-state index contributed by atoms with van der Waals surface area (Å²) < 4.78 is 38.0. The van der Waals surface area contributed by atoms with E-state index >= 15 is 0 Å². The Labute approximate surface area is 187 Å². The minimum Gasteiger partial charge on any atom is -0.493 e. The second-order valence-electron chi connectivity index (χ2n) is 7.60. The van der Waals surface area contributed by atoms with Crippen LogP contribution >= 0.6 is 0 Å². The number of nitrogens with zero attached hydrogens (tertiary/aromatic N) is 2. The Bertz CT molecular complexity index is 1240. The number of pyridine rings is 1. The van der Waals surface area contributed by atoms with Gasteiger partial charge in [-0.2, -0.15) is 4.31 Å². The van der Waals surface area contributed by atoms with Gasteiger partial charge in [0.05, 0.1) is 24.6 Å². The third-order valence-electron chi connectivity index (χ3n) is 5.69.